The molecule has 0 unspecified atom stereocenters. The predicted octanol–water partition coefficient (Wildman–Crippen LogP) is 4.95. The van der Waals surface area contributed by atoms with Gasteiger partial charge in [-0.3, -0.25) is 4.79 Å². The molecule has 0 saturated carbocycles. The van der Waals surface area contributed by atoms with Gasteiger partial charge in [0.15, 0.2) is 0 Å². The van der Waals surface area contributed by atoms with Gasteiger partial charge in [-0.1, -0.05) is 79.2 Å². The number of methoxy groups -OCH3 is 1. The minimum absolute atomic E-state index is 0.134. The van der Waals surface area contributed by atoms with Gasteiger partial charge < -0.3 is 24.8 Å². The summed E-state index contributed by atoms with van der Waals surface area (Å²) in [7, 11) is 1.59. The van der Waals surface area contributed by atoms with Crippen molar-refractivity contribution in [3.8, 4) is 5.75 Å². The normalized spacial score (nSPS) is 11.2. The van der Waals surface area contributed by atoms with E-state index in [9.17, 15) is 14.4 Å². The van der Waals surface area contributed by atoms with Crippen LogP contribution in [0.5, 0.6) is 5.75 Å². The van der Waals surface area contributed by atoms with Crippen LogP contribution in [0.4, 0.5) is 4.79 Å². The van der Waals surface area contributed by atoms with Crippen LogP contribution in [0.2, 0.25) is 0 Å². The second-order valence-electron chi connectivity index (χ2n) is 9.06. The van der Waals surface area contributed by atoms with Crippen LogP contribution in [-0.4, -0.2) is 37.7 Å². The van der Waals surface area contributed by atoms with Gasteiger partial charge >= 0.3 is 12.1 Å². The summed E-state index contributed by atoms with van der Waals surface area (Å²) in [5.74, 6) is 0.00609. The average Bonchev–Trinajstić information content (AvgIpc) is 2.97. The average molecular weight is 533 g/mol. The fourth-order valence-corrected chi connectivity index (χ4v) is 3.84. The third-order valence-corrected chi connectivity index (χ3v) is 6.01. The fourth-order valence-electron chi connectivity index (χ4n) is 3.84. The molecule has 0 saturated heterocycles. The molecule has 2 amide bonds. The highest BCUT2D eigenvalue weighted by molar-refractivity contribution is 5.84. The molecule has 8 heteroatoms. The van der Waals surface area contributed by atoms with E-state index in [-0.39, 0.29) is 25.5 Å². The number of benzene rings is 3. The maximum Gasteiger partial charge on any atom is 0.407 e. The van der Waals surface area contributed by atoms with Crippen LogP contribution in [0.1, 0.15) is 42.4 Å². The van der Waals surface area contributed by atoms with Gasteiger partial charge in [0.2, 0.25) is 5.91 Å². The summed E-state index contributed by atoms with van der Waals surface area (Å²) in [6, 6.07) is 25.4. The smallest absolute Gasteiger partial charge is 0.407 e. The second-order valence-corrected chi connectivity index (χ2v) is 9.06. The second kappa shape index (κ2) is 16.5. The van der Waals surface area contributed by atoms with Crippen molar-refractivity contribution in [2.45, 2.75) is 51.4 Å². The Bertz CT molecular complexity index is 1150. The number of ether oxygens (including phenoxy) is 3. The molecule has 0 aliphatic carbocycles. The number of alkyl carbamates (subject to hydrolysis) is 1. The van der Waals surface area contributed by atoms with E-state index in [0.717, 1.165) is 23.1 Å². The van der Waals surface area contributed by atoms with Gasteiger partial charge in [0.1, 0.15) is 25.0 Å². The molecular formula is C31H36N2O6. The number of nitrogens with one attached hydrogen (secondary N) is 2. The first-order valence-corrected chi connectivity index (χ1v) is 13.1. The first-order valence-electron chi connectivity index (χ1n) is 13.1. The Kier molecular flexibility index (Phi) is 12.4. The van der Waals surface area contributed by atoms with Crippen molar-refractivity contribution in [1.82, 2.24) is 10.6 Å². The van der Waals surface area contributed by atoms with Crippen molar-refractivity contribution in [3.63, 3.8) is 0 Å². The van der Waals surface area contributed by atoms with Crippen molar-refractivity contribution in [3.05, 3.63) is 102 Å². The highest BCUT2D eigenvalue weighted by atomic mass is 16.5. The summed E-state index contributed by atoms with van der Waals surface area (Å²) in [6.45, 7) is 0.814. The minimum Gasteiger partial charge on any atom is -0.497 e. The van der Waals surface area contributed by atoms with Gasteiger partial charge in [-0.15, -0.1) is 0 Å². The summed E-state index contributed by atoms with van der Waals surface area (Å²) in [5.41, 5.74) is 2.67. The number of carbonyl (C=O) groups excluding carboxylic acids is 3. The Morgan fingerprint density at radius 1 is 0.718 bits per heavy atom. The van der Waals surface area contributed by atoms with Crippen LogP contribution >= 0.6 is 0 Å². The van der Waals surface area contributed by atoms with E-state index in [1.807, 2.05) is 84.9 Å². The van der Waals surface area contributed by atoms with Gasteiger partial charge in [-0.2, -0.15) is 0 Å². The van der Waals surface area contributed by atoms with Crippen LogP contribution in [0.15, 0.2) is 84.9 Å². The molecule has 0 fully saturated rings. The highest BCUT2D eigenvalue weighted by Crippen LogP contribution is 2.14. The first-order chi connectivity index (χ1) is 19.0. The molecule has 0 radical (unpaired) electrons. The van der Waals surface area contributed by atoms with E-state index in [1.165, 1.54) is 0 Å². The molecule has 0 spiro atoms. The quantitative estimate of drug-likeness (QED) is 0.212. The number of carbonyl (C=O) groups is 3. The van der Waals surface area contributed by atoms with Gasteiger partial charge in [-0.25, -0.2) is 9.59 Å². The van der Waals surface area contributed by atoms with E-state index in [2.05, 4.69) is 10.6 Å². The Balaban J connectivity index is 1.39. The highest BCUT2D eigenvalue weighted by Gasteiger charge is 2.23. The topological polar surface area (TPSA) is 103 Å². The standard InChI is InChI=1S/C31H36N2O6/c1-37-27-18-16-24(17-19-27)21-28(30(35)38-22-25-11-5-2-6-12-25)33-29(34)15-9-4-10-20-32-31(36)39-23-26-13-7-3-8-14-26/h2-3,5-8,11-14,16-19,28H,4,9-10,15,20-23H2,1H3,(H,32,36)(H,33,34)/t28-/m0/s1. The van der Waals surface area contributed by atoms with Crippen molar-refractivity contribution < 1.29 is 28.6 Å². The van der Waals surface area contributed by atoms with E-state index in [4.69, 9.17) is 14.2 Å². The Hall–Kier alpha value is -4.33. The molecule has 3 aromatic carbocycles. The maximum absolute atomic E-state index is 12.9. The molecule has 0 aromatic heterocycles. The van der Waals surface area contributed by atoms with Crippen molar-refractivity contribution in [2.24, 2.45) is 0 Å². The molecule has 1 atom stereocenters. The summed E-state index contributed by atoms with van der Waals surface area (Å²) in [5, 5.41) is 5.56. The van der Waals surface area contributed by atoms with E-state index >= 15 is 0 Å². The Labute approximate surface area is 229 Å². The Morgan fingerprint density at radius 3 is 1.95 bits per heavy atom. The molecule has 206 valence electrons. The van der Waals surface area contributed by atoms with Gasteiger partial charge in [0.05, 0.1) is 7.11 Å². The largest absolute Gasteiger partial charge is 0.497 e. The van der Waals surface area contributed by atoms with E-state index in [0.29, 0.717) is 31.6 Å². The summed E-state index contributed by atoms with van der Waals surface area (Å²) in [6.07, 6.45) is 2.19. The van der Waals surface area contributed by atoms with Crippen LogP contribution in [-0.2, 0) is 38.7 Å². The zero-order chi connectivity index (χ0) is 27.7. The van der Waals surface area contributed by atoms with Gasteiger partial charge in [0.25, 0.3) is 0 Å². The SMILES string of the molecule is COc1ccc(C[C@H](NC(=O)CCCCCNC(=O)OCc2ccccc2)C(=O)OCc2ccccc2)cc1. The number of unbranched alkanes of at least 4 members (excludes halogenated alkanes) is 2. The van der Waals surface area contributed by atoms with E-state index in [1.54, 1.807) is 7.11 Å². The first kappa shape index (κ1) is 29.2. The summed E-state index contributed by atoms with van der Waals surface area (Å²) >= 11 is 0. The van der Waals surface area contributed by atoms with Gasteiger partial charge in [0, 0.05) is 19.4 Å². The van der Waals surface area contributed by atoms with Crippen molar-refractivity contribution in [1.29, 1.82) is 0 Å². The van der Waals surface area contributed by atoms with E-state index < -0.39 is 18.1 Å². The molecule has 3 aromatic rings. The number of hydrogen-bond acceptors (Lipinski definition) is 6. The lowest BCUT2D eigenvalue weighted by Crippen LogP contribution is -2.43. The predicted molar refractivity (Wildman–Crippen MR) is 148 cm³/mol. The molecular weight excluding hydrogens is 496 g/mol. The zero-order valence-corrected chi connectivity index (χ0v) is 22.3. The van der Waals surface area contributed by atoms with Crippen LogP contribution in [0.25, 0.3) is 0 Å². The molecule has 8 nitrogen and oxygen atoms in total. The fraction of sp³-hybridized carbons (Fsp3) is 0.323. The lowest BCUT2D eigenvalue weighted by molar-refractivity contribution is -0.149. The third-order valence-electron chi connectivity index (χ3n) is 6.01. The van der Waals surface area contributed by atoms with Crippen LogP contribution < -0.4 is 15.4 Å². The molecule has 2 N–H and O–H groups in total. The number of rotatable bonds is 15. The number of esters is 1. The number of amides is 2. The molecule has 0 aliphatic rings. The van der Waals surface area contributed by atoms with Crippen LogP contribution in [0, 0.1) is 0 Å². The lowest BCUT2D eigenvalue weighted by atomic mass is 10.1. The van der Waals surface area contributed by atoms with Gasteiger partial charge in [-0.05, 0) is 41.7 Å². The molecule has 3 rings (SSSR count). The van der Waals surface area contributed by atoms with Crippen LogP contribution in [0.3, 0.4) is 0 Å². The molecule has 0 aliphatic heterocycles. The van der Waals surface area contributed by atoms with Crippen molar-refractivity contribution in [2.75, 3.05) is 13.7 Å². The maximum atomic E-state index is 12.9. The molecule has 0 heterocycles. The molecule has 39 heavy (non-hydrogen) atoms. The lowest BCUT2D eigenvalue weighted by Gasteiger charge is -2.18. The zero-order valence-electron chi connectivity index (χ0n) is 22.3. The summed E-state index contributed by atoms with van der Waals surface area (Å²) < 4.78 is 15.9. The molecule has 0 bridgehead atoms. The Morgan fingerprint density at radius 2 is 1.33 bits per heavy atom. The number of hydrogen-bond donors (Lipinski definition) is 2. The minimum atomic E-state index is -0.810. The summed E-state index contributed by atoms with van der Waals surface area (Å²) in [4.78, 5) is 37.4. The third kappa shape index (κ3) is 11.3. The van der Waals surface area contributed by atoms with Crippen molar-refractivity contribution >= 4 is 18.0 Å². The monoisotopic (exact) mass is 532 g/mol.